The quantitative estimate of drug-likeness (QED) is 0.0876. The highest BCUT2D eigenvalue weighted by Crippen LogP contribution is 2.45. The third-order valence-corrected chi connectivity index (χ3v) is 9.18. The molecule has 49 heavy (non-hydrogen) atoms. The van der Waals surface area contributed by atoms with Crippen LogP contribution in [0.2, 0.25) is 0 Å². The third-order valence-electron chi connectivity index (χ3n) is 9.18. The molecular weight excluding hydrogens is 642 g/mol. The smallest absolute Gasteiger partial charge is 0.229 e. The van der Waals surface area contributed by atoms with Gasteiger partial charge in [-0.3, -0.25) is 14.6 Å². The molecule has 1 saturated heterocycles. The highest BCUT2D eigenvalue weighted by Gasteiger charge is 2.55. The number of carbonyl (C=O) groups is 2. The van der Waals surface area contributed by atoms with Crippen LogP contribution in [-0.2, 0) is 17.9 Å². The van der Waals surface area contributed by atoms with E-state index >= 15 is 0 Å². The molecule has 2 aromatic rings. The minimum Gasteiger partial charge on any atom is -0.507 e. The normalized spacial score (nSPS) is 25.1. The van der Waals surface area contributed by atoms with Crippen LogP contribution in [0.3, 0.4) is 0 Å². The van der Waals surface area contributed by atoms with Crippen molar-refractivity contribution in [3.05, 3.63) is 74.6 Å². The maximum atomic E-state index is 14.3. The Morgan fingerprint density at radius 2 is 1.88 bits per heavy atom. The molecule has 3 aliphatic rings. The number of aliphatic imine (C=N–C) groups is 1. The number of ether oxygens (including phenoxy) is 3. The first-order valence-electron chi connectivity index (χ1n) is 15.5. The van der Waals surface area contributed by atoms with Crippen molar-refractivity contribution in [2.75, 3.05) is 27.3 Å². The number of hydrogen-bond donors (Lipinski definition) is 10. The Morgan fingerprint density at radius 3 is 2.51 bits per heavy atom. The Bertz CT molecular complexity index is 1750. The van der Waals surface area contributed by atoms with Crippen LogP contribution in [0.25, 0.3) is 0 Å². The van der Waals surface area contributed by atoms with E-state index < -0.39 is 60.7 Å². The Kier molecular flexibility index (Phi) is 10.2. The Balaban J connectivity index is 1.53. The summed E-state index contributed by atoms with van der Waals surface area (Å²) in [5, 5.41) is 71.5. The number of aliphatic hydroxyl groups is 5. The molecule has 5 atom stereocenters. The fourth-order valence-corrected chi connectivity index (χ4v) is 6.43. The predicted octanol–water partition coefficient (Wildman–Crippen LogP) is -1.33. The second-order valence-electron chi connectivity index (χ2n) is 12.0. The maximum Gasteiger partial charge on any atom is 0.229 e. The van der Waals surface area contributed by atoms with E-state index in [1.165, 1.54) is 26.3 Å². The van der Waals surface area contributed by atoms with Gasteiger partial charge in [0.25, 0.3) is 0 Å². The topological polar surface area (TPSA) is 272 Å². The maximum absolute atomic E-state index is 14.3. The first-order chi connectivity index (χ1) is 23.3. The summed E-state index contributed by atoms with van der Waals surface area (Å²) in [6, 6.07) is 2.64. The SMILES string of the molecule is CN=C(N)NCc1c(C)cc2c(c1O)C(=O)c1c(O[C@@H]3O[C@H](CO)[C@](O)(CCC4=CCNC(N)=C4)[C@H](O)[C@H]3O)cc(OC)c(CO)c1C2=O. The van der Waals surface area contributed by atoms with E-state index in [0.29, 0.717) is 17.9 Å². The molecule has 16 nitrogen and oxygen atoms in total. The number of ketones is 2. The molecule has 0 bridgehead atoms. The number of benzene rings is 2. The van der Waals surface area contributed by atoms with Crippen molar-refractivity contribution in [3.63, 3.8) is 0 Å². The van der Waals surface area contributed by atoms with Gasteiger partial charge in [0.05, 0.1) is 37.3 Å². The van der Waals surface area contributed by atoms with Gasteiger partial charge in [0.2, 0.25) is 12.1 Å². The van der Waals surface area contributed by atoms with Gasteiger partial charge in [0.1, 0.15) is 41.2 Å². The molecule has 2 heterocycles. The van der Waals surface area contributed by atoms with Crippen molar-refractivity contribution >= 4 is 17.5 Å². The molecule has 16 heteroatoms. The molecule has 1 aliphatic carbocycles. The summed E-state index contributed by atoms with van der Waals surface area (Å²) in [6.07, 6.45) is -3.48. The second-order valence-corrected chi connectivity index (χ2v) is 12.0. The lowest BCUT2D eigenvalue weighted by Gasteiger charge is -2.48. The summed E-state index contributed by atoms with van der Waals surface area (Å²) >= 11 is 0. The van der Waals surface area contributed by atoms with Crippen LogP contribution < -0.4 is 31.6 Å². The largest absolute Gasteiger partial charge is 0.507 e. The molecule has 0 unspecified atom stereocenters. The van der Waals surface area contributed by atoms with E-state index in [1.807, 2.05) is 6.08 Å². The number of guanidine groups is 1. The number of nitrogens with one attached hydrogen (secondary N) is 2. The highest BCUT2D eigenvalue weighted by atomic mass is 16.7. The summed E-state index contributed by atoms with van der Waals surface area (Å²) < 4.78 is 17.2. The molecule has 0 aromatic heterocycles. The van der Waals surface area contributed by atoms with Gasteiger partial charge in [-0.05, 0) is 43.0 Å². The predicted molar refractivity (Wildman–Crippen MR) is 174 cm³/mol. The van der Waals surface area contributed by atoms with E-state index in [-0.39, 0.29) is 70.2 Å². The van der Waals surface area contributed by atoms with Gasteiger partial charge in [-0.2, -0.15) is 0 Å². The lowest BCUT2D eigenvalue weighted by Crippen LogP contribution is -2.67. The number of nitrogens with zero attached hydrogens (tertiary/aromatic N) is 1. The van der Waals surface area contributed by atoms with Crippen LogP contribution in [0, 0.1) is 6.92 Å². The van der Waals surface area contributed by atoms with Crippen LogP contribution in [0.4, 0.5) is 0 Å². The van der Waals surface area contributed by atoms with Gasteiger partial charge in [0, 0.05) is 48.5 Å². The summed E-state index contributed by atoms with van der Waals surface area (Å²) in [4.78, 5) is 32.1. The molecule has 1 fully saturated rings. The zero-order valence-corrected chi connectivity index (χ0v) is 27.2. The molecule has 5 rings (SSSR count). The average Bonchev–Trinajstić information content (AvgIpc) is 3.08. The zero-order valence-electron chi connectivity index (χ0n) is 27.2. The van der Waals surface area contributed by atoms with Crippen molar-refractivity contribution < 1.29 is 54.4 Å². The summed E-state index contributed by atoms with van der Waals surface area (Å²) in [7, 11) is 2.73. The number of allylic oxidation sites excluding steroid dienone is 2. The summed E-state index contributed by atoms with van der Waals surface area (Å²) in [6.45, 7) is 0.573. The minimum atomic E-state index is -2.13. The van der Waals surface area contributed by atoms with Crippen LogP contribution in [0.5, 0.6) is 17.2 Å². The van der Waals surface area contributed by atoms with Crippen molar-refractivity contribution in [1.82, 2.24) is 10.6 Å². The molecule has 2 aromatic carbocycles. The van der Waals surface area contributed by atoms with Crippen LogP contribution in [-0.4, -0.2) is 106 Å². The van der Waals surface area contributed by atoms with Gasteiger partial charge < -0.3 is 67.0 Å². The number of methoxy groups -OCH3 is 1. The lowest BCUT2D eigenvalue weighted by atomic mass is 9.78. The molecule has 0 spiro atoms. The molecule has 264 valence electrons. The van der Waals surface area contributed by atoms with Crippen LogP contribution >= 0.6 is 0 Å². The van der Waals surface area contributed by atoms with Gasteiger partial charge in [-0.15, -0.1) is 0 Å². The number of aromatic hydroxyl groups is 1. The number of aliphatic hydroxyl groups excluding tert-OH is 4. The average molecular weight is 684 g/mol. The molecule has 0 saturated carbocycles. The number of phenolic OH excluding ortho intramolecular Hbond substituents is 1. The Morgan fingerprint density at radius 1 is 1.14 bits per heavy atom. The Hall–Kier alpha value is -4.71. The minimum absolute atomic E-state index is 0.0282. The van der Waals surface area contributed by atoms with E-state index in [2.05, 4.69) is 15.6 Å². The molecule has 2 aliphatic heterocycles. The van der Waals surface area contributed by atoms with E-state index in [4.69, 9.17) is 25.7 Å². The summed E-state index contributed by atoms with van der Waals surface area (Å²) in [5.41, 5.74) is 9.81. The van der Waals surface area contributed by atoms with Crippen LogP contribution in [0.15, 0.2) is 40.7 Å². The van der Waals surface area contributed by atoms with Crippen molar-refractivity contribution in [1.29, 1.82) is 0 Å². The number of carbonyl (C=O) groups excluding carboxylic acids is 2. The summed E-state index contributed by atoms with van der Waals surface area (Å²) in [5.74, 6) is -1.96. The molecular formula is C33H41N5O11. The fraction of sp³-hybridized carbons (Fsp3) is 0.424. The van der Waals surface area contributed by atoms with E-state index in [9.17, 15) is 40.2 Å². The lowest BCUT2D eigenvalue weighted by molar-refractivity contribution is -0.314. The zero-order chi connectivity index (χ0) is 35.8. The Labute approximate surface area is 281 Å². The second kappa shape index (κ2) is 14.0. The number of dihydropyridines is 1. The van der Waals surface area contributed by atoms with E-state index in [0.717, 1.165) is 5.57 Å². The third kappa shape index (κ3) is 6.29. The first kappa shape index (κ1) is 35.6. The number of fused-ring (bicyclic) bond motifs is 2. The van der Waals surface area contributed by atoms with Gasteiger partial charge in [-0.1, -0.05) is 6.08 Å². The number of hydrogen-bond acceptors (Lipinski definition) is 14. The molecule has 0 amide bonds. The monoisotopic (exact) mass is 683 g/mol. The van der Waals surface area contributed by atoms with Crippen molar-refractivity contribution in [2.24, 2.45) is 16.5 Å². The first-order valence-corrected chi connectivity index (χ1v) is 15.5. The fourth-order valence-electron chi connectivity index (χ4n) is 6.43. The number of nitrogens with two attached hydrogens (primary N) is 2. The van der Waals surface area contributed by atoms with Crippen molar-refractivity contribution in [2.45, 2.75) is 63.1 Å². The van der Waals surface area contributed by atoms with Gasteiger partial charge in [0.15, 0.2) is 11.7 Å². The van der Waals surface area contributed by atoms with Crippen molar-refractivity contribution in [3.8, 4) is 17.2 Å². The number of aryl methyl sites for hydroxylation is 1. The molecule has 0 radical (unpaired) electrons. The molecule has 12 N–H and O–H groups in total. The number of phenols is 1. The van der Waals surface area contributed by atoms with Gasteiger partial charge in [-0.25, -0.2) is 0 Å². The van der Waals surface area contributed by atoms with Crippen LogP contribution in [0.1, 0.15) is 61.4 Å². The number of rotatable bonds is 10. The standard InChI is InChI=1S/C33H41N5O11/c1-14-8-16-24(27(42)17(14)11-38-32(35)36-2)28(43)25-20(10-19(47-3)18(12-39)23(25)26(16)41)48-31-29(44)30(45)33(46,21(13-40)49-31)6-4-15-5-7-37-22(34)9-15/h5,8-10,21,29-31,37,39-40,42,44-46H,4,6-7,11-13,34H2,1-3H3,(H3,35,36,38)/t21-,29-,30-,31-,33-/m1/s1. The van der Waals surface area contributed by atoms with Gasteiger partial charge >= 0.3 is 0 Å². The highest BCUT2D eigenvalue weighted by molar-refractivity contribution is 6.31. The van der Waals surface area contributed by atoms with E-state index in [1.54, 1.807) is 13.0 Å².